The predicted octanol–water partition coefficient (Wildman–Crippen LogP) is 4.00. The first kappa shape index (κ1) is 16.8. The number of unbranched alkanes of at least 4 members (excludes halogenated alkanes) is 3. The molecule has 0 aliphatic carbocycles. The summed E-state index contributed by atoms with van der Waals surface area (Å²) < 4.78 is 10.7. The van der Waals surface area contributed by atoms with Crippen LogP contribution in [0.4, 0.5) is 0 Å². The van der Waals surface area contributed by atoms with E-state index in [0.29, 0.717) is 17.9 Å². The van der Waals surface area contributed by atoms with Crippen LogP contribution in [0, 0.1) is 0 Å². The second-order valence-corrected chi connectivity index (χ2v) is 5.15. The van der Waals surface area contributed by atoms with E-state index < -0.39 is 0 Å². The highest BCUT2D eigenvalue weighted by molar-refractivity contribution is 5.94. The molecule has 23 heavy (non-hydrogen) atoms. The number of benzene rings is 1. The number of hydrogen-bond acceptors (Lipinski definition) is 4. The number of ether oxygens (including phenoxy) is 1. The summed E-state index contributed by atoms with van der Waals surface area (Å²) in [6, 6.07) is 10.5. The molecular formula is C18H22N2O3. The summed E-state index contributed by atoms with van der Waals surface area (Å²) in [5, 5.41) is 3.84. The van der Waals surface area contributed by atoms with Crippen LogP contribution in [0.5, 0.6) is 5.75 Å². The SMILES string of the molecule is CCCCCCOc1ccc(C(=O)NN=Cc2ccco2)cc1. The molecule has 0 unspecified atom stereocenters. The van der Waals surface area contributed by atoms with E-state index >= 15 is 0 Å². The Morgan fingerprint density at radius 1 is 1.22 bits per heavy atom. The molecule has 0 saturated carbocycles. The molecule has 5 nitrogen and oxygen atoms in total. The molecular weight excluding hydrogens is 292 g/mol. The Morgan fingerprint density at radius 2 is 2.04 bits per heavy atom. The number of carbonyl (C=O) groups excluding carboxylic acids is 1. The topological polar surface area (TPSA) is 63.8 Å². The fourth-order valence-corrected chi connectivity index (χ4v) is 2.01. The lowest BCUT2D eigenvalue weighted by Crippen LogP contribution is -2.17. The van der Waals surface area contributed by atoms with Gasteiger partial charge in [-0.25, -0.2) is 5.43 Å². The number of hydrogen-bond donors (Lipinski definition) is 1. The molecule has 0 aliphatic heterocycles. The van der Waals surface area contributed by atoms with Gasteiger partial charge in [0, 0.05) is 5.56 Å². The van der Waals surface area contributed by atoms with Crippen molar-refractivity contribution in [3.8, 4) is 5.75 Å². The molecule has 0 spiro atoms. The first-order valence-electron chi connectivity index (χ1n) is 7.89. The van der Waals surface area contributed by atoms with Gasteiger partial charge in [0.25, 0.3) is 5.91 Å². The van der Waals surface area contributed by atoms with Crippen molar-refractivity contribution in [3.05, 3.63) is 54.0 Å². The van der Waals surface area contributed by atoms with Crippen LogP contribution in [-0.4, -0.2) is 18.7 Å². The Balaban J connectivity index is 1.76. The number of rotatable bonds is 9. The van der Waals surface area contributed by atoms with E-state index in [9.17, 15) is 4.79 Å². The standard InChI is InChI=1S/C18H22N2O3/c1-2-3-4-5-12-22-16-10-8-15(9-11-16)18(21)20-19-14-17-7-6-13-23-17/h6-11,13-14H,2-5,12H2,1H3,(H,20,21). The van der Waals surface area contributed by atoms with Crippen LogP contribution < -0.4 is 10.2 Å². The van der Waals surface area contributed by atoms with Gasteiger partial charge in [-0.15, -0.1) is 0 Å². The molecule has 2 rings (SSSR count). The molecule has 0 radical (unpaired) electrons. The van der Waals surface area contributed by atoms with E-state index in [2.05, 4.69) is 17.5 Å². The minimum atomic E-state index is -0.276. The smallest absolute Gasteiger partial charge is 0.271 e. The second-order valence-electron chi connectivity index (χ2n) is 5.15. The highest BCUT2D eigenvalue weighted by Crippen LogP contribution is 2.13. The molecule has 0 saturated heterocycles. The Bertz CT molecular complexity index is 604. The van der Waals surface area contributed by atoms with Gasteiger partial charge in [0.15, 0.2) is 0 Å². The second kappa shape index (κ2) is 9.46. The average Bonchev–Trinajstić information content (AvgIpc) is 3.08. The molecule has 2 aromatic rings. The largest absolute Gasteiger partial charge is 0.494 e. The maximum Gasteiger partial charge on any atom is 0.271 e. The van der Waals surface area contributed by atoms with Crippen LogP contribution >= 0.6 is 0 Å². The number of furan rings is 1. The molecule has 0 aliphatic rings. The lowest BCUT2D eigenvalue weighted by atomic mass is 10.2. The molecule has 1 aromatic carbocycles. The van der Waals surface area contributed by atoms with Crippen LogP contribution in [0.3, 0.4) is 0 Å². The van der Waals surface area contributed by atoms with Crippen molar-refractivity contribution in [1.29, 1.82) is 0 Å². The Hall–Kier alpha value is -2.56. The van der Waals surface area contributed by atoms with Gasteiger partial charge in [0.05, 0.1) is 19.1 Å². The summed E-state index contributed by atoms with van der Waals surface area (Å²) in [7, 11) is 0. The van der Waals surface area contributed by atoms with Crippen molar-refractivity contribution in [2.24, 2.45) is 5.10 Å². The number of nitrogens with one attached hydrogen (secondary N) is 1. The van der Waals surface area contributed by atoms with E-state index in [0.717, 1.165) is 12.2 Å². The number of amides is 1. The maximum atomic E-state index is 11.9. The summed E-state index contributed by atoms with van der Waals surface area (Å²) >= 11 is 0. The molecule has 1 amide bonds. The molecule has 122 valence electrons. The number of carbonyl (C=O) groups is 1. The Morgan fingerprint density at radius 3 is 2.74 bits per heavy atom. The quantitative estimate of drug-likeness (QED) is 0.432. The van der Waals surface area contributed by atoms with Crippen molar-refractivity contribution in [3.63, 3.8) is 0 Å². The van der Waals surface area contributed by atoms with Gasteiger partial charge >= 0.3 is 0 Å². The molecule has 5 heteroatoms. The van der Waals surface area contributed by atoms with Gasteiger partial charge in [0.1, 0.15) is 11.5 Å². The van der Waals surface area contributed by atoms with Crippen LogP contribution in [0.15, 0.2) is 52.2 Å². The normalized spacial score (nSPS) is 10.8. The summed E-state index contributed by atoms with van der Waals surface area (Å²) in [5.41, 5.74) is 2.98. The number of hydrazone groups is 1. The lowest BCUT2D eigenvalue weighted by Gasteiger charge is -2.06. The van der Waals surface area contributed by atoms with E-state index in [1.54, 1.807) is 42.7 Å². The first-order valence-corrected chi connectivity index (χ1v) is 7.89. The molecule has 1 aromatic heterocycles. The minimum absolute atomic E-state index is 0.276. The zero-order chi connectivity index (χ0) is 16.3. The van der Waals surface area contributed by atoms with Crippen molar-refractivity contribution >= 4 is 12.1 Å². The van der Waals surface area contributed by atoms with Gasteiger partial charge in [0.2, 0.25) is 0 Å². The zero-order valence-electron chi connectivity index (χ0n) is 13.3. The van der Waals surface area contributed by atoms with Crippen molar-refractivity contribution < 1.29 is 13.9 Å². The predicted molar refractivity (Wildman–Crippen MR) is 89.8 cm³/mol. The first-order chi connectivity index (χ1) is 11.3. The van der Waals surface area contributed by atoms with E-state index in [1.165, 1.54) is 25.5 Å². The minimum Gasteiger partial charge on any atom is -0.494 e. The fraction of sp³-hybridized carbons (Fsp3) is 0.333. The van der Waals surface area contributed by atoms with Crippen LogP contribution in [0.2, 0.25) is 0 Å². The van der Waals surface area contributed by atoms with Crippen LogP contribution in [0.25, 0.3) is 0 Å². The Labute approximate surface area is 136 Å². The fourth-order valence-electron chi connectivity index (χ4n) is 2.01. The third-order valence-corrected chi connectivity index (χ3v) is 3.28. The lowest BCUT2D eigenvalue weighted by molar-refractivity contribution is 0.0955. The van der Waals surface area contributed by atoms with Gasteiger partial charge < -0.3 is 9.15 Å². The van der Waals surface area contributed by atoms with Crippen molar-refractivity contribution in [2.45, 2.75) is 32.6 Å². The van der Waals surface area contributed by atoms with Gasteiger partial charge in [-0.2, -0.15) is 5.10 Å². The van der Waals surface area contributed by atoms with E-state index in [-0.39, 0.29) is 5.91 Å². The van der Waals surface area contributed by atoms with Crippen molar-refractivity contribution in [1.82, 2.24) is 5.43 Å². The highest BCUT2D eigenvalue weighted by atomic mass is 16.5. The van der Waals surface area contributed by atoms with E-state index in [1.807, 2.05) is 0 Å². The third kappa shape index (κ3) is 5.98. The summed E-state index contributed by atoms with van der Waals surface area (Å²) in [6.45, 7) is 2.89. The van der Waals surface area contributed by atoms with Crippen molar-refractivity contribution in [2.75, 3.05) is 6.61 Å². The Kier molecular flexibility index (Phi) is 6.91. The number of nitrogens with zero attached hydrogens (tertiary/aromatic N) is 1. The van der Waals surface area contributed by atoms with Gasteiger partial charge in [-0.1, -0.05) is 26.2 Å². The van der Waals surface area contributed by atoms with Gasteiger partial charge in [-0.05, 0) is 42.8 Å². The molecule has 1 N–H and O–H groups in total. The molecule has 0 atom stereocenters. The molecule has 0 bridgehead atoms. The molecule has 1 heterocycles. The third-order valence-electron chi connectivity index (χ3n) is 3.28. The molecule has 0 fully saturated rings. The summed E-state index contributed by atoms with van der Waals surface area (Å²) in [6.07, 6.45) is 7.69. The highest BCUT2D eigenvalue weighted by Gasteiger charge is 2.04. The average molecular weight is 314 g/mol. The summed E-state index contributed by atoms with van der Waals surface area (Å²) in [5.74, 6) is 1.08. The maximum absolute atomic E-state index is 11.9. The monoisotopic (exact) mass is 314 g/mol. The van der Waals surface area contributed by atoms with E-state index in [4.69, 9.17) is 9.15 Å². The van der Waals surface area contributed by atoms with Gasteiger partial charge in [-0.3, -0.25) is 4.79 Å². The zero-order valence-corrected chi connectivity index (χ0v) is 13.3. The van der Waals surface area contributed by atoms with Crippen LogP contribution in [-0.2, 0) is 0 Å². The summed E-state index contributed by atoms with van der Waals surface area (Å²) in [4.78, 5) is 11.9. The van der Waals surface area contributed by atoms with Crippen LogP contribution in [0.1, 0.15) is 48.7 Å².